The Hall–Kier alpha value is -8.52. The molecule has 65 heavy (non-hydrogen) atoms. The maximum atomic E-state index is 2.47. The van der Waals surface area contributed by atoms with Crippen LogP contribution in [0.4, 0.5) is 17.1 Å². The van der Waals surface area contributed by atoms with E-state index in [0.29, 0.717) is 0 Å². The van der Waals surface area contributed by atoms with Gasteiger partial charge in [0, 0.05) is 16.6 Å². The van der Waals surface area contributed by atoms with Crippen LogP contribution in [0.1, 0.15) is 0 Å². The normalized spacial score (nSPS) is 11.4. The van der Waals surface area contributed by atoms with Gasteiger partial charge in [0.25, 0.3) is 0 Å². The number of rotatable bonds is 8. The zero-order chi connectivity index (χ0) is 43.1. The van der Waals surface area contributed by atoms with Crippen LogP contribution in [0.2, 0.25) is 0 Å². The highest BCUT2D eigenvalue weighted by Crippen LogP contribution is 2.49. The van der Waals surface area contributed by atoms with Crippen LogP contribution in [0.15, 0.2) is 261 Å². The van der Waals surface area contributed by atoms with E-state index in [1.807, 2.05) is 0 Å². The number of hydrogen-bond acceptors (Lipinski definition) is 1. The SMILES string of the molecule is c1ccc(-c2ccc(N(c3ccc(-c4cccc5ccccc45)cc3)c3ccccc3-c3ccc4c(c3)c(-c3ccccc3)c(-c3ccccc3)c3ccccc34)c3ccccc23)cc1. The quantitative estimate of drug-likeness (QED) is 0.138. The van der Waals surface area contributed by atoms with Crippen molar-refractivity contribution in [2.24, 2.45) is 0 Å². The first-order valence-corrected chi connectivity index (χ1v) is 22.4. The number of benzene rings is 12. The third-order valence-corrected chi connectivity index (χ3v) is 13.1. The summed E-state index contributed by atoms with van der Waals surface area (Å²) in [6.45, 7) is 0. The first-order chi connectivity index (χ1) is 32.3. The third kappa shape index (κ3) is 6.74. The minimum atomic E-state index is 1.09. The van der Waals surface area contributed by atoms with E-state index in [9.17, 15) is 0 Å². The van der Waals surface area contributed by atoms with E-state index in [4.69, 9.17) is 0 Å². The summed E-state index contributed by atoms with van der Waals surface area (Å²) in [4.78, 5) is 2.47. The molecule has 0 spiro atoms. The molecule has 0 atom stereocenters. The van der Waals surface area contributed by atoms with E-state index >= 15 is 0 Å². The van der Waals surface area contributed by atoms with Gasteiger partial charge in [-0.15, -0.1) is 0 Å². The molecule has 0 saturated heterocycles. The highest BCUT2D eigenvalue weighted by atomic mass is 15.1. The van der Waals surface area contributed by atoms with E-state index in [1.54, 1.807) is 0 Å². The van der Waals surface area contributed by atoms with Crippen LogP contribution in [0.5, 0.6) is 0 Å². The van der Waals surface area contributed by atoms with Crippen LogP contribution >= 0.6 is 0 Å². The first kappa shape index (κ1) is 38.2. The van der Waals surface area contributed by atoms with Crippen LogP contribution in [-0.4, -0.2) is 0 Å². The third-order valence-electron chi connectivity index (χ3n) is 13.1. The van der Waals surface area contributed by atoms with Crippen molar-refractivity contribution >= 4 is 60.2 Å². The van der Waals surface area contributed by atoms with Gasteiger partial charge in [-0.2, -0.15) is 0 Å². The van der Waals surface area contributed by atoms with Crippen molar-refractivity contribution in [1.82, 2.24) is 0 Å². The molecule has 12 rings (SSSR count). The minimum Gasteiger partial charge on any atom is -0.309 e. The number of fused-ring (bicyclic) bond motifs is 5. The fourth-order valence-electron chi connectivity index (χ4n) is 10.1. The predicted octanol–water partition coefficient (Wildman–Crippen LogP) is 18.1. The molecule has 0 amide bonds. The average molecular weight is 826 g/mol. The molecule has 0 unspecified atom stereocenters. The average Bonchev–Trinajstić information content (AvgIpc) is 3.39. The number of anilines is 3. The molecule has 0 fully saturated rings. The summed E-state index contributed by atoms with van der Waals surface area (Å²) >= 11 is 0. The van der Waals surface area contributed by atoms with E-state index in [2.05, 4.69) is 266 Å². The van der Waals surface area contributed by atoms with Gasteiger partial charge < -0.3 is 4.90 Å². The lowest BCUT2D eigenvalue weighted by atomic mass is 9.84. The standard InChI is InChI=1S/C64H43N/c1-4-19-44(20-5-1)53-41-42-62(58-31-14-12-29-55(53)58)65(50-38-35-46(36-39-50)52-33-18-26-45-21-10-11-27-51(45)52)61-34-17-16-28-54(61)49-37-40-57-56-30-13-15-32-59(56)63(47-22-6-2-7-23-47)64(60(57)43-49)48-24-8-3-9-25-48/h1-43H. The monoisotopic (exact) mass is 825 g/mol. The van der Waals surface area contributed by atoms with Crippen molar-refractivity contribution in [3.8, 4) is 55.6 Å². The molecule has 0 bridgehead atoms. The topological polar surface area (TPSA) is 3.24 Å². The molecular weight excluding hydrogens is 783 g/mol. The van der Waals surface area contributed by atoms with Crippen LogP contribution in [0, 0.1) is 0 Å². The lowest BCUT2D eigenvalue weighted by Crippen LogP contribution is -2.12. The first-order valence-electron chi connectivity index (χ1n) is 22.4. The second-order valence-electron chi connectivity index (χ2n) is 16.8. The summed E-state index contributed by atoms with van der Waals surface area (Å²) < 4.78 is 0. The van der Waals surface area contributed by atoms with E-state index in [-0.39, 0.29) is 0 Å². The molecule has 1 nitrogen and oxygen atoms in total. The molecule has 0 aromatic heterocycles. The maximum Gasteiger partial charge on any atom is 0.0540 e. The number of para-hydroxylation sites is 1. The van der Waals surface area contributed by atoms with Crippen LogP contribution in [-0.2, 0) is 0 Å². The van der Waals surface area contributed by atoms with Crippen molar-refractivity contribution in [2.75, 3.05) is 4.90 Å². The summed E-state index contributed by atoms with van der Waals surface area (Å²) in [5.74, 6) is 0. The lowest BCUT2D eigenvalue weighted by molar-refractivity contribution is 1.30. The Morgan fingerprint density at radius 2 is 0.692 bits per heavy atom. The van der Waals surface area contributed by atoms with Crippen molar-refractivity contribution in [3.05, 3.63) is 261 Å². The number of hydrogen-bond donors (Lipinski definition) is 0. The summed E-state index contributed by atoms with van der Waals surface area (Å²) in [7, 11) is 0. The van der Waals surface area contributed by atoms with Gasteiger partial charge in [0.15, 0.2) is 0 Å². The largest absolute Gasteiger partial charge is 0.309 e. The summed E-state index contributed by atoms with van der Waals surface area (Å²) in [5.41, 5.74) is 15.4. The van der Waals surface area contributed by atoms with E-state index in [0.717, 1.165) is 28.2 Å². The highest BCUT2D eigenvalue weighted by molar-refractivity contribution is 6.22. The van der Waals surface area contributed by atoms with Crippen molar-refractivity contribution in [2.45, 2.75) is 0 Å². The molecule has 0 heterocycles. The molecule has 0 N–H and O–H groups in total. The van der Waals surface area contributed by atoms with Gasteiger partial charge >= 0.3 is 0 Å². The molecule has 12 aromatic rings. The van der Waals surface area contributed by atoms with Gasteiger partial charge in [0.2, 0.25) is 0 Å². The zero-order valence-electron chi connectivity index (χ0n) is 35.8. The molecule has 0 aliphatic carbocycles. The van der Waals surface area contributed by atoms with Gasteiger partial charge in [-0.3, -0.25) is 0 Å². The molecule has 0 radical (unpaired) electrons. The lowest BCUT2D eigenvalue weighted by Gasteiger charge is -2.30. The Bertz CT molecular complexity index is 3680. The van der Waals surface area contributed by atoms with Gasteiger partial charge in [0.05, 0.1) is 11.4 Å². The summed E-state index contributed by atoms with van der Waals surface area (Å²) in [6, 6.07) is 95.3. The fourth-order valence-corrected chi connectivity index (χ4v) is 10.1. The smallest absolute Gasteiger partial charge is 0.0540 e. The Kier molecular flexibility index (Phi) is 9.58. The van der Waals surface area contributed by atoms with Gasteiger partial charge in [0.1, 0.15) is 0 Å². The van der Waals surface area contributed by atoms with Crippen LogP contribution in [0.3, 0.4) is 0 Å². The Morgan fingerprint density at radius 3 is 1.42 bits per heavy atom. The van der Waals surface area contributed by atoms with Crippen molar-refractivity contribution in [3.63, 3.8) is 0 Å². The number of nitrogens with zero attached hydrogens (tertiary/aromatic N) is 1. The fraction of sp³-hybridized carbons (Fsp3) is 0. The van der Waals surface area contributed by atoms with E-state index < -0.39 is 0 Å². The Labute approximate surface area is 379 Å². The maximum absolute atomic E-state index is 2.47. The second kappa shape index (κ2) is 16.3. The molecule has 0 aliphatic rings. The van der Waals surface area contributed by atoms with Gasteiger partial charge in [-0.05, 0) is 118 Å². The Morgan fingerprint density at radius 1 is 0.215 bits per heavy atom. The van der Waals surface area contributed by atoms with Crippen molar-refractivity contribution < 1.29 is 0 Å². The van der Waals surface area contributed by atoms with Gasteiger partial charge in [-0.25, -0.2) is 0 Å². The highest BCUT2D eigenvalue weighted by Gasteiger charge is 2.23. The minimum absolute atomic E-state index is 1.09. The predicted molar refractivity (Wildman–Crippen MR) is 278 cm³/mol. The van der Waals surface area contributed by atoms with Crippen molar-refractivity contribution in [1.29, 1.82) is 0 Å². The Balaban J connectivity index is 1.10. The second-order valence-corrected chi connectivity index (χ2v) is 16.8. The molecule has 0 aliphatic heterocycles. The summed E-state index contributed by atoms with van der Waals surface area (Å²) in [6.07, 6.45) is 0. The molecule has 12 aromatic carbocycles. The van der Waals surface area contributed by atoms with Gasteiger partial charge in [-0.1, -0.05) is 231 Å². The molecular formula is C64H43N. The molecule has 304 valence electrons. The molecule has 0 saturated carbocycles. The van der Waals surface area contributed by atoms with Crippen LogP contribution in [0.25, 0.3) is 98.7 Å². The summed E-state index contributed by atoms with van der Waals surface area (Å²) in [5, 5.41) is 9.86. The van der Waals surface area contributed by atoms with Crippen LogP contribution < -0.4 is 4.90 Å². The zero-order valence-corrected chi connectivity index (χ0v) is 35.8. The van der Waals surface area contributed by atoms with E-state index in [1.165, 1.54) is 87.6 Å². The molecule has 1 heteroatoms.